The maximum Gasteiger partial charge on any atom is 1.00 e. The fourth-order valence-corrected chi connectivity index (χ4v) is 0.692. The van der Waals surface area contributed by atoms with Gasteiger partial charge in [-0.3, -0.25) is 0 Å². The average molecular weight is 176 g/mol. The number of benzene rings is 1. The molecular weight excluding hydrogens is 167 g/mol. The summed E-state index contributed by atoms with van der Waals surface area (Å²) in [7, 11) is 1.37. The van der Waals surface area contributed by atoms with Gasteiger partial charge in [0, 0.05) is 0 Å². The van der Waals surface area contributed by atoms with E-state index in [0.717, 1.165) is 0 Å². The van der Waals surface area contributed by atoms with Gasteiger partial charge in [0.15, 0.2) is 0 Å². The number of hydrogen-bond donors (Lipinski definition) is 0. The maximum absolute atomic E-state index is 10.8. The van der Waals surface area contributed by atoms with Crippen molar-refractivity contribution >= 4 is 5.97 Å². The first-order valence-electron chi connectivity index (χ1n) is 2.98. The minimum atomic E-state index is -0.291. The van der Waals surface area contributed by atoms with E-state index in [4.69, 9.17) is 0 Å². The molecule has 2 nitrogen and oxygen atoms in total. The normalized spacial score (nSPS) is 8.09. The van der Waals surface area contributed by atoms with E-state index < -0.39 is 0 Å². The molecule has 0 aliphatic heterocycles. The van der Waals surface area contributed by atoms with Crippen LogP contribution in [0.5, 0.6) is 0 Å². The molecule has 54 valence electrons. The second kappa shape index (κ2) is 5.91. The van der Waals surface area contributed by atoms with E-state index >= 15 is 0 Å². The van der Waals surface area contributed by atoms with Crippen molar-refractivity contribution in [2.75, 3.05) is 7.11 Å². The van der Waals surface area contributed by atoms with E-state index in [0.29, 0.717) is 5.56 Å². The van der Waals surface area contributed by atoms with Crippen molar-refractivity contribution in [1.29, 1.82) is 0 Å². The molecule has 1 rings (SSSR count). The van der Waals surface area contributed by atoms with Gasteiger partial charge < -0.3 is 6.16 Å². The number of carbonyl (C=O) groups excluding carboxylic acids is 1. The summed E-state index contributed by atoms with van der Waals surface area (Å²) in [4.78, 5) is 10.8. The Bertz CT molecular complexity index is 226. The van der Waals surface area contributed by atoms with Crippen LogP contribution in [0.3, 0.4) is 0 Å². The number of methoxy groups -OCH3 is 1. The number of hydrogen-bond acceptors (Lipinski definition) is 2. The third-order valence-corrected chi connectivity index (χ3v) is 1.19. The molecule has 0 aromatic heterocycles. The Balaban J connectivity index is 0. The SMILES string of the molecule is COC(=O)c1ccccc1.[H-].[K+]. The third kappa shape index (κ3) is 3.49. The molecule has 0 aliphatic rings. The van der Waals surface area contributed by atoms with E-state index in [1.165, 1.54) is 7.11 Å². The van der Waals surface area contributed by atoms with Crippen molar-refractivity contribution in [2.24, 2.45) is 0 Å². The first-order chi connectivity index (χ1) is 4.84. The van der Waals surface area contributed by atoms with E-state index in [2.05, 4.69) is 4.74 Å². The molecule has 0 fully saturated rings. The van der Waals surface area contributed by atoms with Crippen molar-refractivity contribution in [3.63, 3.8) is 0 Å². The van der Waals surface area contributed by atoms with Crippen molar-refractivity contribution in [1.82, 2.24) is 0 Å². The standard InChI is InChI=1S/C8H8O2.K.H/c1-10-8(9)7-5-3-2-4-6-7;;/h2-6H,1H3;;/q;+1;-1. The van der Waals surface area contributed by atoms with Crippen LogP contribution in [-0.2, 0) is 4.74 Å². The summed E-state index contributed by atoms with van der Waals surface area (Å²) < 4.78 is 4.50. The van der Waals surface area contributed by atoms with Crippen LogP contribution < -0.4 is 51.4 Å². The minimum absolute atomic E-state index is 0. The Kier molecular flexibility index (Phi) is 6.09. The summed E-state index contributed by atoms with van der Waals surface area (Å²) in [5, 5.41) is 0. The maximum atomic E-state index is 10.8. The van der Waals surface area contributed by atoms with Gasteiger partial charge in [-0.1, -0.05) is 18.2 Å². The molecule has 0 spiro atoms. The molecule has 11 heavy (non-hydrogen) atoms. The summed E-state index contributed by atoms with van der Waals surface area (Å²) in [6, 6.07) is 8.88. The van der Waals surface area contributed by atoms with Crippen LogP contribution in [0.4, 0.5) is 0 Å². The van der Waals surface area contributed by atoms with Crippen LogP contribution in [0.25, 0.3) is 0 Å². The van der Waals surface area contributed by atoms with Gasteiger partial charge in [-0.2, -0.15) is 0 Å². The van der Waals surface area contributed by atoms with Crippen molar-refractivity contribution in [3.05, 3.63) is 35.9 Å². The van der Waals surface area contributed by atoms with Crippen molar-refractivity contribution < 1.29 is 62.3 Å². The van der Waals surface area contributed by atoms with Gasteiger partial charge in [0.1, 0.15) is 0 Å². The number of rotatable bonds is 1. The average Bonchev–Trinajstić information content (AvgIpc) is 2.05. The molecule has 0 saturated carbocycles. The van der Waals surface area contributed by atoms with Crippen LogP contribution in [0, 0.1) is 0 Å². The van der Waals surface area contributed by atoms with Crippen molar-refractivity contribution in [2.45, 2.75) is 0 Å². The topological polar surface area (TPSA) is 26.3 Å². The van der Waals surface area contributed by atoms with Crippen LogP contribution in [0.2, 0.25) is 0 Å². The van der Waals surface area contributed by atoms with Crippen LogP contribution in [-0.4, -0.2) is 13.1 Å². The zero-order valence-electron chi connectivity index (χ0n) is 7.70. The fraction of sp³-hybridized carbons (Fsp3) is 0.125. The fourth-order valence-electron chi connectivity index (χ4n) is 0.692. The molecule has 3 heteroatoms. The quantitative estimate of drug-likeness (QED) is 0.388. The molecule has 0 radical (unpaired) electrons. The second-order valence-electron chi connectivity index (χ2n) is 1.86. The van der Waals surface area contributed by atoms with Gasteiger partial charge in [-0.15, -0.1) is 0 Å². The van der Waals surface area contributed by atoms with Gasteiger partial charge in [-0.05, 0) is 12.1 Å². The molecule has 0 N–H and O–H groups in total. The summed E-state index contributed by atoms with van der Waals surface area (Å²) in [6.07, 6.45) is 0. The minimum Gasteiger partial charge on any atom is -1.00 e. The molecule has 0 aliphatic carbocycles. The summed E-state index contributed by atoms with van der Waals surface area (Å²) in [6.45, 7) is 0. The van der Waals surface area contributed by atoms with Gasteiger partial charge in [0.2, 0.25) is 0 Å². The first-order valence-corrected chi connectivity index (χ1v) is 2.98. The van der Waals surface area contributed by atoms with E-state index in [9.17, 15) is 4.79 Å². The van der Waals surface area contributed by atoms with Crippen LogP contribution >= 0.6 is 0 Å². The third-order valence-electron chi connectivity index (χ3n) is 1.19. The van der Waals surface area contributed by atoms with E-state index in [-0.39, 0.29) is 58.8 Å². The van der Waals surface area contributed by atoms with Gasteiger partial charge in [0.25, 0.3) is 0 Å². The van der Waals surface area contributed by atoms with Crippen LogP contribution in [0.15, 0.2) is 30.3 Å². The molecule has 0 saturated heterocycles. The molecule has 0 bridgehead atoms. The van der Waals surface area contributed by atoms with Gasteiger partial charge in [0.05, 0.1) is 12.7 Å². The smallest absolute Gasteiger partial charge is 1.00 e. The zero-order valence-corrected chi connectivity index (χ0v) is 9.83. The molecule has 0 heterocycles. The van der Waals surface area contributed by atoms with E-state index in [1.807, 2.05) is 6.07 Å². The molecule has 0 amide bonds. The molecule has 0 unspecified atom stereocenters. The van der Waals surface area contributed by atoms with E-state index in [1.54, 1.807) is 24.3 Å². The monoisotopic (exact) mass is 176 g/mol. The van der Waals surface area contributed by atoms with Gasteiger partial charge in [-0.25, -0.2) is 4.79 Å². The summed E-state index contributed by atoms with van der Waals surface area (Å²) in [5.41, 5.74) is 0.588. The summed E-state index contributed by atoms with van der Waals surface area (Å²) >= 11 is 0. The molecular formula is C8H9KO2. The largest absolute Gasteiger partial charge is 1.00 e. The number of ether oxygens (including phenoxy) is 1. The second-order valence-corrected chi connectivity index (χ2v) is 1.86. The Hall–Kier alpha value is 0.326. The zero-order chi connectivity index (χ0) is 7.40. The molecule has 1 aromatic carbocycles. The predicted molar refractivity (Wildman–Crippen MR) is 38.9 cm³/mol. The number of esters is 1. The molecule has 0 atom stereocenters. The summed E-state index contributed by atoms with van der Waals surface area (Å²) in [5.74, 6) is -0.291. The Labute approximate surface area is 110 Å². The Morgan fingerprint density at radius 2 is 1.91 bits per heavy atom. The van der Waals surface area contributed by atoms with Crippen molar-refractivity contribution in [3.8, 4) is 0 Å². The molecule has 1 aromatic rings. The Morgan fingerprint density at radius 3 is 2.36 bits per heavy atom. The number of carbonyl (C=O) groups is 1. The predicted octanol–water partition coefficient (Wildman–Crippen LogP) is -1.41. The first kappa shape index (κ1) is 11.3. The Morgan fingerprint density at radius 1 is 1.36 bits per heavy atom. The van der Waals surface area contributed by atoms with Gasteiger partial charge >= 0.3 is 57.4 Å². The van der Waals surface area contributed by atoms with Crippen LogP contribution in [0.1, 0.15) is 11.8 Å².